The number of carbonyl (C=O) groups excluding carboxylic acids is 1. The first-order valence-corrected chi connectivity index (χ1v) is 4.58. The maximum absolute atomic E-state index is 10.9. The van der Waals surface area contributed by atoms with Gasteiger partial charge in [0.1, 0.15) is 5.70 Å². The van der Waals surface area contributed by atoms with Crippen LogP contribution in [0.4, 0.5) is 0 Å². The van der Waals surface area contributed by atoms with Crippen molar-refractivity contribution in [3.63, 3.8) is 0 Å². The van der Waals surface area contributed by atoms with E-state index in [0.717, 1.165) is 16.6 Å². The zero-order valence-corrected chi connectivity index (χ0v) is 7.77. The van der Waals surface area contributed by atoms with Crippen molar-refractivity contribution in [2.24, 2.45) is 10.2 Å². The van der Waals surface area contributed by atoms with Gasteiger partial charge in [-0.1, -0.05) is 18.2 Å². The SMILES string of the molecule is O=C1C=C(c2cc3ccccc3[nH]2)N=N1. The molecular weight excluding hydrogens is 190 g/mol. The maximum atomic E-state index is 10.9. The quantitative estimate of drug-likeness (QED) is 0.750. The molecule has 1 aromatic heterocycles. The molecular formula is C11H7N3O. The molecule has 0 aliphatic carbocycles. The van der Waals surface area contributed by atoms with Gasteiger partial charge in [-0.3, -0.25) is 4.79 Å². The minimum atomic E-state index is -0.302. The van der Waals surface area contributed by atoms with Crippen molar-refractivity contribution < 1.29 is 4.79 Å². The number of para-hydroxylation sites is 1. The van der Waals surface area contributed by atoms with Crippen molar-refractivity contribution in [1.29, 1.82) is 0 Å². The van der Waals surface area contributed by atoms with E-state index in [2.05, 4.69) is 15.2 Å². The molecule has 1 N–H and O–H groups in total. The summed E-state index contributed by atoms with van der Waals surface area (Å²) in [5.74, 6) is -0.302. The average molecular weight is 197 g/mol. The Labute approximate surface area is 85.3 Å². The molecule has 3 rings (SSSR count). The van der Waals surface area contributed by atoms with Gasteiger partial charge in [0.15, 0.2) is 0 Å². The van der Waals surface area contributed by atoms with Crippen LogP contribution < -0.4 is 0 Å². The van der Waals surface area contributed by atoms with E-state index in [-0.39, 0.29) is 5.91 Å². The van der Waals surface area contributed by atoms with Gasteiger partial charge in [0.25, 0.3) is 5.91 Å². The van der Waals surface area contributed by atoms with Crippen LogP contribution in [0.1, 0.15) is 5.69 Å². The van der Waals surface area contributed by atoms with Gasteiger partial charge in [0, 0.05) is 17.0 Å². The number of nitrogens with zero attached hydrogens (tertiary/aromatic N) is 2. The molecule has 0 spiro atoms. The van der Waals surface area contributed by atoms with Gasteiger partial charge in [-0.15, -0.1) is 10.2 Å². The lowest BCUT2D eigenvalue weighted by Gasteiger charge is -1.88. The van der Waals surface area contributed by atoms with E-state index in [1.807, 2.05) is 30.3 Å². The lowest BCUT2D eigenvalue weighted by Crippen LogP contribution is -1.80. The molecule has 0 saturated carbocycles. The molecule has 4 nitrogen and oxygen atoms in total. The Balaban J connectivity index is 2.17. The highest BCUT2D eigenvalue weighted by Gasteiger charge is 2.12. The number of nitrogens with one attached hydrogen (secondary N) is 1. The van der Waals surface area contributed by atoms with Crippen LogP contribution in [-0.4, -0.2) is 10.9 Å². The molecule has 0 saturated heterocycles. The summed E-state index contributed by atoms with van der Waals surface area (Å²) in [6.07, 6.45) is 1.42. The fraction of sp³-hybridized carbons (Fsp3) is 0. The van der Waals surface area contributed by atoms with Gasteiger partial charge in [-0.25, -0.2) is 0 Å². The Morgan fingerprint density at radius 2 is 2.00 bits per heavy atom. The number of fused-ring (bicyclic) bond motifs is 1. The summed E-state index contributed by atoms with van der Waals surface area (Å²) in [4.78, 5) is 14.1. The molecule has 2 aromatic rings. The van der Waals surface area contributed by atoms with Gasteiger partial charge in [-0.2, -0.15) is 0 Å². The van der Waals surface area contributed by atoms with E-state index >= 15 is 0 Å². The smallest absolute Gasteiger partial charge is 0.290 e. The summed E-state index contributed by atoms with van der Waals surface area (Å²) in [5.41, 5.74) is 2.45. The van der Waals surface area contributed by atoms with E-state index in [9.17, 15) is 4.79 Å². The highest BCUT2D eigenvalue weighted by Crippen LogP contribution is 2.24. The predicted octanol–water partition coefficient (Wildman–Crippen LogP) is 2.50. The number of azo groups is 1. The largest absolute Gasteiger partial charge is 0.353 e. The Morgan fingerprint density at radius 3 is 2.73 bits per heavy atom. The van der Waals surface area contributed by atoms with Crippen LogP contribution in [0, 0.1) is 0 Å². The number of aromatic amines is 1. The Bertz CT molecular complexity index is 574. The van der Waals surface area contributed by atoms with E-state index < -0.39 is 0 Å². The molecule has 15 heavy (non-hydrogen) atoms. The van der Waals surface area contributed by atoms with E-state index in [0.29, 0.717) is 5.70 Å². The highest BCUT2D eigenvalue weighted by molar-refractivity contribution is 5.99. The molecule has 0 unspecified atom stereocenters. The van der Waals surface area contributed by atoms with Gasteiger partial charge in [-0.05, 0) is 12.1 Å². The first-order valence-electron chi connectivity index (χ1n) is 4.58. The second kappa shape index (κ2) is 2.88. The monoisotopic (exact) mass is 197 g/mol. The number of rotatable bonds is 1. The summed E-state index contributed by atoms with van der Waals surface area (Å²) in [5, 5.41) is 8.33. The summed E-state index contributed by atoms with van der Waals surface area (Å²) in [6, 6.07) is 9.86. The highest BCUT2D eigenvalue weighted by atomic mass is 16.1. The van der Waals surface area contributed by atoms with Crippen LogP contribution >= 0.6 is 0 Å². The summed E-state index contributed by atoms with van der Waals surface area (Å²) >= 11 is 0. The third kappa shape index (κ3) is 1.27. The van der Waals surface area contributed by atoms with Gasteiger partial charge in [0.05, 0.1) is 5.69 Å². The van der Waals surface area contributed by atoms with Crippen molar-refractivity contribution in [2.45, 2.75) is 0 Å². The standard InChI is InChI=1S/C11H7N3O/c15-11-6-10(13-14-11)9-5-7-3-1-2-4-8(7)12-9/h1-6,12H. The molecule has 4 heteroatoms. The van der Waals surface area contributed by atoms with Crippen LogP contribution in [0.25, 0.3) is 16.6 Å². The van der Waals surface area contributed by atoms with Crippen molar-refractivity contribution in [3.8, 4) is 0 Å². The molecule has 1 aromatic carbocycles. The second-order valence-corrected chi connectivity index (χ2v) is 3.34. The maximum Gasteiger partial charge on any atom is 0.290 e. The average Bonchev–Trinajstić information content (AvgIpc) is 2.82. The minimum Gasteiger partial charge on any atom is -0.353 e. The number of benzene rings is 1. The molecule has 0 radical (unpaired) electrons. The first-order chi connectivity index (χ1) is 7.33. The lowest BCUT2D eigenvalue weighted by molar-refractivity contribution is -0.113. The van der Waals surface area contributed by atoms with Gasteiger partial charge < -0.3 is 4.98 Å². The normalized spacial score (nSPS) is 14.9. The number of hydrogen-bond acceptors (Lipinski definition) is 2. The topological polar surface area (TPSA) is 57.6 Å². The third-order valence-corrected chi connectivity index (χ3v) is 2.32. The summed E-state index contributed by atoms with van der Waals surface area (Å²) in [7, 11) is 0. The molecule has 1 aliphatic heterocycles. The fourth-order valence-corrected chi connectivity index (χ4v) is 1.62. The fourth-order valence-electron chi connectivity index (χ4n) is 1.62. The van der Waals surface area contributed by atoms with Crippen LogP contribution in [-0.2, 0) is 4.79 Å². The van der Waals surface area contributed by atoms with Crippen LogP contribution in [0.5, 0.6) is 0 Å². The second-order valence-electron chi connectivity index (χ2n) is 3.34. The van der Waals surface area contributed by atoms with Crippen LogP contribution in [0.3, 0.4) is 0 Å². The lowest BCUT2D eigenvalue weighted by atomic mass is 10.2. The Hall–Kier alpha value is -2.23. The van der Waals surface area contributed by atoms with Gasteiger partial charge in [0.2, 0.25) is 0 Å². The van der Waals surface area contributed by atoms with E-state index in [4.69, 9.17) is 0 Å². The Morgan fingerprint density at radius 1 is 1.13 bits per heavy atom. The first kappa shape index (κ1) is 8.11. The summed E-state index contributed by atoms with van der Waals surface area (Å²) in [6.45, 7) is 0. The molecule has 2 heterocycles. The van der Waals surface area contributed by atoms with Crippen LogP contribution in [0.2, 0.25) is 0 Å². The van der Waals surface area contributed by atoms with Crippen molar-refractivity contribution >= 4 is 22.5 Å². The third-order valence-electron chi connectivity index (χ3n) is 2.32. The summed E-state index contributed by atoms with van der Waals surface area (Å²) < 4.78 is 0. The molecule has 1 aliphatic rings. The molecule has 0 atom stereocenters. The number of H-pyrrole nitrogens is 1. The molecule has 0 bridgehead atoms. The predicted molar refractivity (Wildman–Crippen MR) is 56.1 cm³/mol. The zero-order valence-electron chi connectivity index (χ0n) is 7.77. The Kier molecular flexibility index (Phi) is 1.56. The molecule has 0 fully saturated rings. The van der Waals surface area contributed by atoms with Crippen molar-refractivity contribution in [3.05, 3.63) is 42.1 Å². The van der Waals surface area contributed by atoms with Crippen molar-refractivity contribution in [2.75, 3.05) is 0 Å². The zero-order chi connectivity index (χ0) is 10.3. The number of hydrogen-bond donors (Lipinski definition) is 1. The molecule has 1 amide bonds. The van der Waals surface area contributed by atoms with E-state index in [1.54, 1.807) is 0 Å². The molecule has 72 valence electrons. The van der Waals surface area contributed by atoms with E-state index in [1.165, 1.54) is 6.08 Å². The number of carbonyl (C=O) groups is 1. The number of amides is 1. The van der Waals surface area contributed by atoms with Crippen molar-refractivity contribution in [1.82, 2.24) is 4.98 Å². The van der Waals surface area contributed by atoms with Crippen LogP contribution in [0.15, 0.2) is 46.6 Å². The minimum absolute atomic E-state index is 0.302. The van der Waals surface area contributed by atoms with Gasteiger partial charge >= 0.3 is 0 Å². The number of aromatic nitrogens is 1.